The van der Waals surface area contributed by atoms with E-state index in [9.17, 15) is 4.79 Å². The van der Waals surface area contributed by atoms with Crippen LogP contribution in [0.4, 0.5) is 11.4 Å². The average Bonchev–Trinajstić information content (AvgIpc) is 2.65. The topological polar surface area (TPSA) is 36.7 Å². The van der Waals surface area contributed by atoms with E-state index < -0.39 is 5.60 Å². The molecular formula is C25H34N3O2+. The first kappa shape index (κ1) is 21.9. The molecule has 1 heterocycles. The molecule has 5 heteroatoms. The molecule has 0 saturated heterocycles. The van der Waals surface area contributed by atoms with Crippen molar-refractivity contribution in [1.82, 2.24) is 0 Å². The van der Waals surface area contributed by atoms with Crippen molar-refractivity contribution < 1.29 is 14.1 Å². The molecule has 0 amide bonds. The Kier molecular flexibility index (Phi) is 6.20. The van der Waals surface area contributed by atoms with Gasteiger partial charge in [0.15, 0.2) is 0 Å². The number of aryl methyl sites for hydroxylation is 1. The Hall–Kier alpha value is -2.82. The first-order chi connectivity index (χ1) is 14.0. The largest absolute Gasteiger partial charge is 0.460 e. The quantitative estimate of drug-likeness (QED) is 0.341. The Morgan fingerprint density at radius 3 is 1.80 bits per heavy atom. The minimum atomic E-state index is -0.447. The zero-order valence-electron chi connectivity index (χ0n) is 19.3. The second-order valence-electron chi connectivity index (χ2n) is 9.26. The molecule has 3 rings (SSSR count). The number of esters is 1. The molecule has 30 heavy (non-hydrogen) atoms. The summed E-state index contributed by atoms with van der Waals surface area (Å²) in [6, 6.07) is 15.3. The third-order valence-electron chi connectivity index (χ3n) is 5.14. The van der Waals surface area contributed by atoms with Crippen molar-refractivity contribution >= 4 is 39.1 Å². The monoisotopic (exact) mass is 408 g/mol. The number of ether oxygens (including phenoxy) is 1. The predicted octanol–water partition coefficient (Wildman–Crippen LogP) is 4.53. The van der Waals surface area contributed by atoms with Gasteiger partial charge in [0.1, 0.15) is 12.1 Å². The van der Waals surface area contributed by atoms with Crippen molar-refractivity contribution in [2.75, 3.05) is 38.0 Å². The molecule has 0 aliphatic carbocycles. The van der Waals surface area contributed by atoms with E-state index in [1.165, 1.54) is 21.8 Å². The van der Waals surface area contributed by atoms with Crippen LogP contribution in [0.1, 0.15) is 33.6 Å². The van der Waals surface area contributed by atoms with Crippen LogP contribution in [0.15, 0.2) is 42.5 Å². The Labute approximate surface area is 179 Å². The van der Waals surface area contributed by atoms with Gasteiger partial charge in [-0.05, 0) is 51.1 Å². The molecule has 3 aromatic rings. The fourth-order valence-electron chi connectivity index (χ4n) is 3.64. The normalized spacial score (nSPS) is 11.7. The molecule has 0 atom stereocenters. The highest BCUT2D eigenvalue weighted by atomic mass is 16.6. The van der Waals surface area contributed by atoms with Gasteiger partial charge in [-0.1, -0.05) is 0 Å². The summed E-state index contributed by atoms with van der Waals surface area (Å²) in [6.07, 6.45) is 1.13. The maximum Gasteiger partial charge on any atom is 0.306 e. The molecule has 160 valence electrons. The van der Waals surface area contributed by atoms with Gasteiger partial charge < -0.3 is 14.5 Å². The zero-order chi connectivity index (χ0) is 22.1. The molecule has 0 aliphatic heterocycles. The van der Waals surface area contributed by atoms with Gasteiger partial charge in [-0.2, -0.15) is 4.57 Å². The number of aromatic nitrogens is 1. The number of rotatable bonds is 6. The van der Waals surface area contributed by atoms with E-state index in [1.54, 1.807) is 0 Å². The number of hydrogen-bond donors (Lipinski definition) is 0. The van der Waals surface area contributed by atoms with Gasteiger partial charge >= 0.3 is 5.97 Å². The number of carbonyl (C=O) groups is 1. The standard InChI is InChI=1S/C25H34N3O2/c1-25(2,3)30-24(29)9-8-14-28-22-16-20(26(4)5)12-10-18(22)15-19-11-13-21(27(6)7)17-23(19)28/h10-13,15-17H,8-9,14H2,1-7H3/q+1. The second kappa shape index (κ2) is 8.50. The van der Waals surface area contributed by atoms with E-state index in [2.05, 4.69) is 85.0 Å². The van der Waals surface area contributed by atoms with Crippen LogP contribution in [0.2, 0.25) is 0 Å². The summed E-state index contributed by atoms with van der Waals surface area (Å²) in [5, 5.41) is 2.39. The zero-order valence-corrected chi connectivity index (χ0v) is 19.3. The first-order valence-corrected chi connectivity index (χ1v) is 10.5. The van der Waals surface area contributed by atoms with E-state index in [0.29, 0.717) is 6.42 Å². The van der Waals surface area contributed by atoms with E-state index in [4.69, 9.17) is 4.74 Å². The summed E-state index contributed by atoms with van der Waals surface area (Å²) < 4.78 is 7.83. The fourth-order valence-corrected chi connectivity index (χ4v) is 3.64. The van der Waals surface area contributed by atoms with Gasteiger partial charge in [0.05, 0.1) is 6.42 Å². The molecule has 0 aliphatic rings. The number of benzene rings is 2. The van der Waals surface area contributed by atoms with Crippen molar-refractivity contribution in [3.8, 4) is 0 Å². The van der Waals surface area contributed by atoms with E-state index in [1.807, 2.05) is 20.8 Å². The lowest BCUT2D eigenvalue weighted by Gasteiger charge is -2.19. The number of nitrogens with zero attached hydrogens (tertiary/aromatic N) is 3. The van der Waals surface area contributed by atoms with Crippen LogP contribution in [0.25, 0.3) is 21.8 Å². The summed E-state index contributed by atoms with van der Waals surface area (Å²) in [5.41, 5.74) is 4.22. The molecule has 0 radical (unpaired) electrons. The Bertz CT molecular complexity index is 999. The number of fused-ring (bicyclic) bond motifs is 2. The molecule has 5 nitrogen and oxygen atoms in total. The van der Waals surface area contributed by atoms with Crippen LogP contribution in [0, 0.1) is 0 Å². The lowest BCUT2D eigenvalue weighted by Crippen LogP contribution is -2.36. The van der Waals surface area contributed by atoms with E-state index in [-0.39, 0.29) is 5.97 Å². The van der Waals surface area contributed by atoms with Gasteiger partial charge in [0.2, 0.25) is 11.0 Å². The molecule has 0 fully saturated rings. The lowest BCUT2D eigenvalue weighted by atomic mass is 10.1. The molecule has 0 N–H and O–H groups in total. The predicted molar refractivity (Wildman–Crippen MR) is 125 cm³/mol. The highest BCUT2D eigenvalue weighted by Crippen LogP contribution is 2.25. The van der Waals surface area contributed by atoms with Crippen molar-refractivity contribution in [2.24, 2.45) is 0 Å². The molecule has 0 unspecified atom stereocenters. The van der Waals surface area contributed by atoms with Gasteiger partial charge in [0.25, 0.3) is 0 Å². The third kappa shape index (κ3) is 5.02. The van der Waals surface area contributed by atoms with Crippen LogP contribution >= 0.6 is 0 Å². The smallest absolute Gasteiger partial charge is 0.306 e. The van der Waals surface area contributed by atoms with Crippen molar-refractivity contribution in [3.63, 3.8) is 0 Å². The van der Waals surface area contributed by atoms with Crippen LogP contribution in [0.3, 0.4) is 0 Å². The second-order valence-corrected chi connectivity index (χ2v) is 9.26. The number of carbonyl (C=O) groups excluding carboxylic acids is 1. The Balaban J connectivity index is 2.04. The van der Waals surface area contributed by atoms with Crippen molar-refractivity contribution in [1.29, 1.82) is 0 Å². The van der Waals surface area contributed by atoms with Crippen LogP contribution in [-0.4, -0.2) is 39.8 Å². The van der Waals surface area contributed by atoms with Gasteiger partial charge in [-0.15, -0.1) is 0 Å². The van der Waals surface area contributed by atoms with Gasteiger partial charge in [-0.3, -0.25) is 4.79 Å². The molecule has 1 aromatic heterocycles. The van der Waals surface area contributed by atoms with Crippen LogP contribution < -0.4 is 14.4 Å². The summed E-state index contributed by atoms with van der Waals surface area (Å²) in [7, 11) is 8.22. The fraction of sp³-hybridized carbons (Fsp3) is 0.440. The summed E-state index contributed by atoms with van der Waals surface area (Å²) in [4.78, 5) is 16.5. The SMILES string of the molecule is CN(C)c1ccc2cc3ccc(N(C)C)cc3[n+](CCCC(=O)OC(C)(C)C)c2c1. The average molecular weight is 409 g/mol. The maximum absolute atomic E-state index is 12.2. The van der Waals surface area contributed by atoms with Crippen LogP contribution in [0.5, 0.6) is 0 Å². The maximum atomic E-state index is 12.2. The minimum Gasteiger partial charge on any atom is -0.460 e. The first-order valence-electron chi connectivity index (χ1n) is 10.5. The van der Waals surface area contributed by atoms with Crippen molar-refractivity contribution in [3.05, 3.63) is 42.5 Å². The summed E-state index contributed by atoms with van der Waals surface area (Å²) in [5.74, 6) is -0.143. The summed E-state index contributed by atoms with van der Waals surface area (Å²) >= 11 is 0. The number of hydrogen-bond acceptors (Lipinski definition) is 4. The van der Waals surface area contributed by atoms with Crippen LogP contribution in [-0.2, 0) is 16.1 Å². The van der Waals surface area contributed by atoms with Gasteiger partial charge in [-0.25, -0.2) is 0 Å². The minimum absolute atomic E-state index is 0.143. The molecule has 0 bridgehead atoms. The summed E-state index contributed by atoms with van der Waals surface area (Å²) in [6.45, 7) is 6.47. The highest BCUT2D eigenvalue weighted by Gasteiger charge is 2.20. The molecular weight excluding hydrogens is 374 g/mol. The number of pyridine rings is 1. The van der Waals surface area contributed by atoms with E-state index >= 15 is 0 Å². The molecule has 0 spiro atoms. The lowest BCUT2D eigenvalue weighted by molar-refractivity contribution is -0.645. The number of anilines is 2. The Morgan fingerprint density at radius 2 is 1.37 bits per heavy atom. The van der Waals surface area contributed by atoms with E-state index in [0.717, 1.165) is 24.3 Å². The molecule has 0 saturated carbocycles. The third-order valence-corrected chi connectivity index (χ3v) is 5.14. The highest BCUT2D eigenvalue weighted by molar-refractivity contribution is 5.91. The molecule has 2 aromatic carbocycles. The van der Waals surface area contributed by atoms with Gasteiger partial charge in [0, 0.05) is 68.9 Å². The Morgan fingerprint density at radius 1 is 0.867 bits per heavy atom. The van der Waals surface area contributed by atoms with Crippen molar-refractivity contribution in [2.45, 2.75) is 45.8 Å².